The first-order valence-corrected chi connectivity index (χ1v) is 5.51. The number of halogens is 2. The van der Waals surface area contributed by atoms with Crippen molar-refractivity contribution in [1.82, 2.24) is 4.98 Å². The second-order valence-electron chi connectivity index (χ2n) is 2.59. The smallest absolute Gasteiger partial charge is 0.306 e. The maximum atomic E-state index is 12.9. The number of esters is 1. The SMILES string of the molecule is COC(=O)CCSc1ccnc(F)c1Cl. The highest BCUT2D eigenvalue weighted by Crippen LogP contribution is 2.28. The molecule has 0 saturated heterocycles. The number of carbonyl (C=O) groups excluding carboxylic acids is 1. The van der Waals surface area contributed by atoms with E-state index >= 15 is 0 Å². The molecule has 1 aromatic heterocycles. The summed E-state index contributed by atoms with van der Waals surface area (Å²) >= 11 is 6.96. The van der Waals surface area contributed by atoms with Crippen LogP contribution < -0.4 is 0 Å². The van der Waals surface area contributed by atoms with Gasteiger partial charge in [-0.3, -0.25) is 4.79 Å². The molecule has 1 rings (SSSR count). The molecule has 1 aromatic rings. The molecule has 0 fully saturated rings. The van der Waals surface area contributed by atoms with Gasteiger partial charge in [0, 0.05) is 16.8 Å². The fraction of sp³-hybridized carbons (Fsp3) is 0.333. The molecule has 0 atom stereocenters. The molecular formula is C9H9ClFNO2S. The largest absolute Gasteiger partial charge is 0.469 e. The maximum Gasteiger partial charge on any atom is 0.306 e. The van der Waals surface area contributed by atoms with E-state index in [2.05, 4.69) is 9.72 Å². The molecule has 15 heavy (non-hydrogen) atoms. The monoisotopic (exact) mass is 249 g/mol. The molecule has 0 bridgehead atoms. The first-order chi connectivity index (χ1) is 7.15. The zero-order valence-corrected chi connectivity index (χ0v) is 9.57. The van der Waals surface area contributed by atoms with E-state index in [1.54, 1.807) is 6.07 Å². The molecule has 0 aliphatic rings. The van der Waals surface area contributed by atoms with E-state index in [0.29, 0.717) is 10.6 Å². The lowest BCUT2D eigenvalue weighted by molar-refractivity contribution is -0.140. The Morgan fingerprint density at radius 1 is 1.73 bits per heavy atom. The Kier molecular flexibility index (Phi) is 4.84. The number of carbonyl (C=O) groups is 1. The molecule has 0 unspecified atom stereocenters. The van der Waals surface area contributed by atoms with Crippen LogP contribution in [0.2, 0.25) is 5.02 Å². The first kappa shape index (κ1) is 12.3. The number of rotatable bonds is 4. The Labute approximate surface area is 96.0 Å². The Balaban J connectivity index is 2.51. The Bertz CT molecular complexity index is 362. The van der Waals surface area contributed by atoms with Crippen LogP contribution in [0.5, 0.6) is 0 Å². The minimum Gasteiger partial charge on any atom is -0.469 e. The number of nitrogens with zero attached hydrogens (tertiary/aromatic N) is 1. The van der Waals surface area contributed by atoms with E-state index in [9.17, 15) is 9.18 Å². The van der Waals surface area contributed by atoms with Gasteiger partial charge in [0.05, 0.1) is 13.5 Å². The van der Waals surface area contributed by atoms with Crippen LogP contribution in [0.15, 0.2) is 17.2 Å². The molecule has 3 nitrogen and oxygen atoms in total. The van der Waals surface area contributed by atoms with Crippen molar-refractivity contribution in [3.8, 4) is 0 Å². The predicted octanol–water partition coefficient (Wildman–Crippen LogP) is 2.53. The highest BCUT2D eigenvalue weighted by molar-refractivity contribution is 7.99. The second kappa shape index (κ2) is 5.92. The highest BCUT2D eigenvalue weighted by atomic mass is 35.5. The summed E-state index contributed by atoms with van der Waals surface area (Å²) in [6.07, 6.45) is 1.60. The van der Waals surface area contributed by atoms with Crippen LogP contribution in [0.4, 0.5) is 4.39 Å². The van der Waals surface area contributed by atoms with Crippen molar-refractivity contribution in [2.24, 2.45) is 0 Å². The minimum absolute atomic E-state index is 0.00707. The highest BCUT2D eigenvalue weighted by Gasteiger charge is 2.08. The lowest BCUT2D eigenvalue weighted by Gasteiger charge is -2.03. The summed E-state index contributed by atoms with van der Waals surface area (Å²) in [5.74, 6) is -0.497. The zero-order valence-electron chi connectivity index (χ0n) is 8.00. The van der Waals surface area contributed by atoms with E-state index in [4.69, 9.17) is 11.6 Å². The fourth-order valence-corrected chi connectivity index (χ4v) is 1.99. The normalized spacial score (nSPS) is 10.1. The number of ether oxygens (including phenoxy) is 1. The maximum absolute atomic E-state index is 12.9. The van der Waals surface area contributed by atoms with Crippen molar-refractivity contribution in [2.75, 3.05) is 12.9 Å². The predicted molar refractivity (Wildman–Crippen MR) is 56.6 cm³/mol. The molecular weight excluding hydrogens is 241 g/mol. The van der Waals surface area contributed by atoms with Gasteiger partial charge in [-0.05, 0) is 6.07 Å². The Hall–Kier alpha value is -0.810. The number of hydrogen-bond donors (Lipinski definition) is 0. The van der Waals surface area contributed by atoms with Gasteiger partial charge in [-0.15, -0.1) is 11.8 Å². The first-order valence-electron chi connectivity index (χ1n) is 4.14. The molecule has 82 valence electrons. The van der Waals surface area contributed by atoms with Crippen molar-refractivity contribution in [1.29, 1.82) is 0 Å². The van der Waals surface area contributed by atoms with E-state index in [1.807, 2.05) is 0 Å². The number of thioether (sulfide) groups is 1. The van der Waals surface area contributed by atoms with Crippen LogP contribution >= 0.6 is 23.4 Å². The summed E-state index contributed by atoms with van der Waals surface area (Å²) in [5.41, 5.74) is 0. The molecule has 1 heterocycles. The van der Waals surface area contributed by atoms with Crippen molar-refractivity contribution >= 4 is 29.3 Å². The summed E-state index contributed by atoms with van der Waals surface area (Å²) in [4.78, 5) is 14.8. The molecule has 0 aliphatic heterocycles. The summed E-state index contributed by atoms with van der Waals surface area (Å²) in [7, 11) is 1.33. The summed E-state index contributed by atoms with van der Waals surface area (Å²) in [5, 5.41) is -0.00707. The van der Waals surface area contributed by atoms with E-state index in [0.717, 1.165) is 0 Å². The fourth-order valence-electron chi connectivity index (χ4n) is 0.860. The third-order valence-corrected chi connectivity index (χ3v) is 3.13. The van der Waals surface area contributed by atoms with Gasteiger partial charge in [-0.2, -0.15) is 4.39 Å². The summed E-state index contributed by atoms with van der Waals surface area (Å²) in [6, 6.07) is 1.60. The molecule has 0 radical (unpaired) electrons. The topological polar surface area (TPSA) is 39.2 Å². The van der Waals surface area contributed by atoms with Gasteiger partial charge in [0.2, 0.25) is 5.95 Å². The number of aromatic nitrogens is 1. The van der Waals surface area contributed by atoms with Crippen LogP contribution in [0, 0.1) is 5.95 Å². The van der Waals surface area contributed by atoms with Gasteiger partial charge in [-0.1, -0.05) is 11.6 Å². The molecule has 0 amide bonds. The zero-order chi connectivity index (χ0) is 11.3. The molecule has 0 spiro atoms. The number of hydrogen-bond acceptors (Lipinski definition) is 4. The van der Waals surface area contributed by atoms with Gasteiger partial charge < -0.3 is 4.74 Å². The number of methoxy groups -OCH3 is 1. The van der Waals surface area contributed by atoms with E-state index in [1.165, 1.54) is 25.1 Å². The molecule has 0 N–H and O–H groups in total. The minimum atomic E-state index is -0.695. The van der Waals surface area contributed by atoms with Crippen LogP contribution in [-0.4, -0.2) is 23.8 Å². The average molecular weight is 250 g/mol. The van der Waals surface area contributed by atoms with Crippen molar-refractivity contribution in [3.63, 3.8) is 0 Å². The third-order valence-electron chi connectivity index (χ3n) is 1.60. The van der Waals surface area contributed by atoms with Crippen LogP contribution in [0.1, 0.15) is 6.42 Å². The van der Waals surface area contributed by atoms with Crippen molar-refractivity contribution < 1.29 is 13.9 Å². The average Bonchev–Trinajstić information content (AvgIpc) is 2.24. The summed E-state index contributed by atoms with van der Waals surface area (Å²) < 4.78 is 17.4. The van der Waals surface area contributed by atoms with Crippen molar-refractivity contribution in [3.05, 3.63) is 23.2 Å². The lowest BCUT2D eigenvalue weighted by atomic mass is 10.5. The van der Waals surface area contributed by atoms with Gasteiger partial charge in [0.15, 0.2) is 0 Å². The molecule has 0 aliphatic carbocycles. The van der Waals surface area contributed by atoms with Gasteiger partial charge in [0.25, 0.3) is 0 Å². The van der Waals surface area contributed by atoms with E-state index in [-0.39, 0.29) is 17.4 Å². The van der Waals surface area contributed by atoms with Crippen LogP contribution in [-0.2, 0) is 9.53 Å². The standard InChI is InChI=1S/C9H9ClFNO2S/c1-14-7(13)3-5-15-6-2-4-12-9(11)8(6)10/h2,4H,3,5H2,1H3. The molecule has 0 aromatic carbocycles. The Morgan fingerprint density at radius 3 is 3.13 bits per heavy atom. The quantitative estimate of drug-likeness (QED) is 0.467. The van der Waals surface area contributed by atoms with Gasteiger partial charge in [0.1, 0.15) is 5.02 Å². The van der Waals surface area contributed by atoms with Gasteiger partial charge >= 0.3 is 5.97 Å². The number of pyridine rings is 1. The van der Waals surface area contributed by atoms with Gasteiger partial charge in [-0.25, -0.2) is 4.98 Å². The van der Waals surface area contributed by atoms with E-state index < -0.39 is 5.95 Å². The van der Waals surface area contributed by atoms with Crippen molar-refractivity contribution in [2.45, 2.75) is 11.3 Å². The lowest BCUT2D eigenvalue weighted by Crippen LogP contribution is -2.01. The Morgan fingerprint density at radius 2 is 2.47 bits per heavy atom. The molecule has 6 heteroatoms. The van der Waals surface area contributed by atoms with Crippen LogP contribution in [0.25, 0.3) is 0 Å². The third kappa shape index (κ3) is 3.68. The summed E-state index contributed by atoms with van der Waals surface area (Å²) in [6.45, 7) is 0. The van der Waals surface area contributed by atoms with Crippen LogP contribution in [0.3, 0.4) is 0 Å². The molecule has 0 saturated carbocycles. The second-order valence-corrected chi connectivity index (χ2v) is 4.10.